The second kappa shape index (κ2) is 3.56. The molecule has 0 heterocycles. The van der Waals surface area contributed by atoms with Crippen LogP contribution in [0, 0.1) is 5.92 Å². The predicted octanol–water partition coefficient (Wildman–Crippen LogP) is -0.353. The largest absolute Gasteiger partial charge is 0.359 e. The van der Waals surface area contributed by atoms with E-state index in [2.05, 4.69) is 10.6 Å². The van der Waals surface area contributed by atoms with Gasteiger partial charge in [0.2, 0.25) is 11.8 Å². The number of carbonyl (C=O) groups excluding carboxylic acids is 2. The number of carbonyl (C=O) groups is 2. The minimum absolute atomic E-state index is 0.0149. The Morgan fingerprint density at radius 2 is 2.00 bits per heavy atom. The summed E-state index contributed by atoms with van der Waals surface area (Å²) in [7, 11) is 1.62. The lowest BCUT2D eigenvalue weighted by atomic mass is 9.79. The van der Waals surface area contributed by atoms with Crippen LogP contribution in [-0.2, 0) is 9.59 Å². The highest BCUT2D eigenvalue weighted by Crippen LogP contribution is 2.27. The van der Waals surface area contributed by atoms with E-state index in [4.69, 9.17) is 0 Å². The lowest BCUT2D eigenvalue weighted by molar-refractivity contribution is -0.129. The molecule has 2 N–H and O–H groups in total. The summed E-state index contributed by atoms with van der Waals surface area (Å²) in [6, 6.07) is 0.0578. The van der Waals surface area contributed by atoms with Crippen molar-refractivity contribution in [2.45, 2.75) is 25.8 Å². The van der Waals surface area contributed by atoms with Crippen molar-refractivity contribution in [3.8, 4) is 0 Å². The third kappa shape index (κ3) is 1.75. The molecule has 0 saturated heterocycles. The lowest BCUT2D eigenvalue weighted by Crippen LogP contribution is -2.51. The van der Waals surface area contributed by atoms with Gasteiger partial charge in [0.15, 0.2) is 0 Å². The molecule has 1 fully saturated rings. The first kappa shape index (κ1) is 9.03. The van der Waals surface area contributed by atoms with Crippen LogP contribution in [0.25, 0.3) is 0 Å². The maximum absolute atomic E-state index is 11.1. The van der Waals surface area contributed by atoms with Crippen molar-refractivity contribution in [1.82, 2.24) is 10.6 Å². The van der Waals surface area contributed by atoms with Gasteiger partial charge < -0.3 is 10.6 Å². The van der Waals surface area contributed by atoms with Gasteiger partial charge in [-0.05, 0) is 12.8 Å². The summed E-state index contributed by atoms with van der Waals surface area (Å²) in [4.78, 5) is 21.8. The fourth-order valence-corrected chi connectivity index (χ4v) is 1.43. The summed E-state index contributed by atoms with van der Waals surface area (Å²) >= 11 is 0. The number of hydrogen-bond donors (Lipinski definition) is 2. The quantitative estimate of drug-likeness (QED) is 0.595. The molecular formula is C8H14N2O2. The molecule has 1 rings (SSSR count). The van der Waals surface area contributed by atoms with E-state index in [0.29, 0.717) is 0 Å². The molecular weight excluding hydrogens is 156 g/mol. The zero-order chi connectivity index (χ0) is 9.14. The third-order valence-corrected chi connectivity index (χ3v) is 2.25. The van der Waals surface area contributed by atoms with Crippen molar-refractivity contribution >= 4 is 11.8 Å². The second-order valence-corrected chi connectivity index (χ2v) is 3.11. The highest BCUT2D eigenvalue weighted by Gasteiger charge is 2.36. The van der Waals surface area contributed by atoms with Crippen molar-refractivity contribution in [2.24, 2.45) is 5.92 Å². The summed E-state index contributed by atoms with van der Waals surface area (Å²) in [5, 5.41) is 5.32. The van der Waals surface area contributed by atoms with Gasteiger partial charge in [-0.25, -0.2) is 0 Å². The van der Waals surface area contributed by atoms with Gasteiger partial charge >= 0.3 is 0 Å². The average molecular weight is 170 g/mol. The molecule has 1 aliphatic rings. The molecule has 12 heavy (non-hydrogen) atoms. The molecule has 0 bridgehead atoms. The van der Waals surface area contributed by atoms with E-state index in [9.17, 15) is 9.59 Å². The normalized spacial score (nSPS) is 27.2. The SMILES string of the molecule is CNC(=O)[C@H]1CC[C@@H]1NC(C)=O. The monoisotopic (exact) mass is 170 g/mol. The van der Waals surface area contributed by atoms with E-state index in [1.54, 1.807) is 7.05 Å². The molecule has 4 heteroatoms. The highest BCUT2D eigenvalue weighted by atomic mass is 16.2. The van der Waals surface area contributed by atoms with Gasteiger partial charge in [0, 0.05) is 20.0 Å². The minimum atomic E-state index is -0.0615. The minimum Gasteiger partial charge on any atom is -0.359 e. The molecule has 2 atom stereocenters. The van der Waals surface area contributed by atoms with Gasteiger partial charge in [0.1, 0.15) is 0 Å². The van der Waals surface area contributed by atoms with Crippen LogP contribution < -0.4 is 10.6 Å². The fourth-order valence-electron chi connectivity index (χ4n) is 1.43. The fraction of sp³-hybridized carbons (Fsp3) is 0.750. The summed E-state index contributed by atoms with van der Waals surface area (Å²) in [5.74, 6) is -0.0486. The predicted molar refractivity (Wildman–Crippen MR) is 44.4 cm³/mol. The van der Waals surface area contributed by atoms with Crippen LogP contribution in [0.1, 0.15) is 19.8 Å². The van der Waals surface area contributed by atoms with Crippen LogP contribution >= 0.6 is 0 Å². The first-order valence-electron chi connectivity index (χ1n) is 4.14. The number of hydrogen-bond acceptors (Lipinski definition) is 2. The molecule has 0 aromatic rings. The Morgan fingerprint density at radius 3 is 2.33 bits per heavy atom. The molecule has 0 aliphatic heterocycles. The zero-order valence-electron chi connectivity index (χ0n) is 7.39. The lowest BCUT2D eigenvalue weighted by Gasteiger charge is -2.35. The van der Waals surface area contributed by atoms with Crippen molar-refractivity contribution < 1.29 is 9.59 Å². The second-order valence-electron chi connectivity index (χ2n) is 3.11. The smallest absolute Gasteiger partial charge is 0.224 e. The van der Waals surface area contributed by atoms with E-state index in [1.165, 1.54) is 6.92 Å². The summed E-state index contributed by atoms with van der Waals surface area (Å²) < 4.78 is 0. The van der Waals surface area contributed by atoms with Gasteiger partial charge in [0.05, 0.1) is 5.92 Å². The molecule has 0 aromatic heterocycles. The summed E-state index contributed by atoms with van der Waals surface area (Å²) in [6.07, 6.45) is 1.79. The first-order valence-corrected chi connectivity index (χ1v) is 4.14. The average Bonchev–Trinajstić information content (AvgIpc) is 1.98. The van der Waals surface area contributed by atoms with E-state index < -0.39 is 0 Å². The van der Waals surface area contributed by atoms with Crippen molar-refractivity contribution in [2.75, 3.05) is 7.05 Å². The molecule has 0 aromatic carbocycles. The molecule has 1 saturated carbocycles. The number of amides is 2. The summed E-state index contributed by atoms with van der Waals surface area (Å²) in [5.41, 5.74) is 0. The maximum atomic E-state index is 11.1. The molecule has 4 nitrogen and oxygen atoms in total. The van der Waals surface area contributed by atoms with Crippen molar-refractivity contribution in [3.05, 3.63) is 0 Å². The Bertz CT molecular complexity index is 203. The summed E-state index contributed by atoms with van der Waals surface area (Å²) in [6.45, 7) is 1.47. The molecule has 0 unspecified atom stereocenters. The van der Waals surface area contributed by atoms with Crippen molar-refractivity contribution in [1.29, 1.82) is 0 Å². The highest BCUT2D eigenvalue weighted by molar-refractivity contribution is 5.81. The maximum Gasteiger partial charge on any atom is 0.224 e. The number of rotatable bonds is 2. The Morgan fingerprint density at radius 1 is 1.33 bits per heavy atom. The molecule has 0 radical (unpaired) electrons. The Labute approximate surface area is 71.7 Å². The van der Waals surface area contributed by atoms with Crippen LogP contribution in [0.15, 0.2) is 0 Å². The van der Waals surface area contributed by atoms with Gasteiger partial charge in [-0.2, -0.15) is 0 Å². The van der Waals surface area contributed by atoms with Gasteiger partial charge in [-0.15, -0.1) is 0 Å². The standard InChI is InChI=1S/C8H14N2O2/c1-5(11)10-7-4-3-6(7)8(12)9-2/h6-7H,3-4H2,1-2H3,(H,9,12)(H,10,11)/t6-,7-/m0/s1. The van der Waals surface area contributed by atoms with Crippen LogP contribution in [0.4, 0.5) is 0 Å². The third-order valence-electron chi connectivity index (χ3n) is 2.25. The van der Waals surface area contributed by atoms with E-state index in [1.807, 2.05) is 0 Å². The first-order chi connectivity index (χ1) is 5.65. The van der Waals surface area contributed by atoms with Crippen molar-refractivity contribution in [3.63, 3.8) is 0 Å². The number of nitrogens with one attached hydrogen (secondary N) is 2. The molecule has 0 spiro atoms. The topological polar surface area (TPSA) is 58.2 Å². The van der Waals surface area contributed by atoms with E-state index in [0.717, 1.165) is 12.8 Å². The van der Waals surface area contributed by atoms with Gasteiger partial charge in [-0.3, -0.25) is 9.59 Å². The van der Waals surface area contributed by atoms with E-state index >= 15 is 0 Å². The Kier molecular flexibility index (Phi) is 2.68. The van der Waals surface area contributed by atoms with Crippen LogP contribution in [0.3, 0.4) is 0 Å². The van der Waals surface area contributed by atoms with Crippen LogP contribution in [0.5, 0.6) is 0 Å². The van der Waals surface area contributed by atoms with Gasteiger partial charge in [0.25, 0.3) is 0 Å². The molecule has 68 valence electrons. The Hall–Kier alpha value is -1.06. The van der Waals surface area contributed by atoms with E-state index in [-0.39, 0.29) is 23.8 Å². The molecule has 1 aliphatic carbocycles. The molecule has 2 amide bonds. The Balaban J connectivity index is 2.38. The van der Waals surface area contributed by atoms with Crippen LogP contribution in [0.2, 0.25) is 0 Å². The van der Waals surface area contributed by atoms with Gasteiger partial charge in [-0.1, -0.05) is 0 Å². The van der Waals surface area contributed by atoms with Crippen LogP contribution in [-0.4, -0.2) is 24.9 Å². The zero-order valence-corrected chi connectivity index (χ0v) is 7.39.